The monoisotopic (exact) mass is 491 g/mol. The van der Waals surface area contributed by atoms with Crippen LogP contribution in [0.25, 0.3) is 5.69 Å². The number of halogens is 2. The Morgan fingerprint density at radius 2 is 1.64 bits per heavy atom. The molecule has 0 aliphatic rings. The normalized spacial score (nSPS) is 12.3. The highest BCUT2D eigenvalue weighted by Crippen LogP contribution is 2.33. The maximum atomic E-state index is 14.5. The van der Waals surface area contributed by atoms with Crippen molar-refractivity contribution in [1.29, 1.82) is 0 Å². The summed E-state index contributed by atoms with van der Waals surface area (Å²) in [5.74, 6) is -1.20. The molecule has 0 saturated carbocycles. The molecule has 5 nitrogen and oxygen atoms in total. The second-order valence-corrected chi connectivity index (χ2v) is 9.16. The quantitative estimate of drug-likeness (QED) is 0.293. The van der Waals surface area contributed by atoms with Gasteiger partial charge in [0.1, 0.15) is 5.82 Å². The van der Waals surface area contributed by atoms with Crippen molar-refractivity contribution in [2.45, 2.75) is 45.9 Å². The van der Waals surface area contributed by atoms with Gasteiger partial charge >= 0.3 is 0 Å². The number of aryl methyl sites for hydroxylation is 1. The van der Waals surface area contributed by atoms with Crippen LogP contribution in [0.5, 0.6) is 11.6 Å². The number of rotatable bonds is 10. The average Bonchev–Trinajstić information content (AvgIpc) is 3.16. The molecule has 0 spiro atoms. The minimum Gasteiger partial charge on any atom is -0.435 e. The van der Waals surface area contributed by atoms with Gasteiger partial charge in [-0.05, 0) is 57.0 Å². The average molecular weight is 492 g/mol. The first kappa shape index (κ1) is 25.5. The van der Waals surface area contributed by atoms with Gasteiger partial charge in [-0.15, -0.1) is 0 Å². The van der Waals surface area contributed by atoms with E-state index < -0.39 is 17.7 Å². The summed E-state index contributed by atoms with van der Waals surface area (Å²) in [6.45, 7) is 6.87. The molecule has 0 aliphatic heterocycles. The third kappa shape index (κ3) is 6.17. The summed E-state index contributed by atoms with van der Waals surface area (Å²) in [6.07, 6.45) is -0.0330. The van der Waals surface area contributed by atoms with Crippen LogP contribution in [0.4, 0.5) is 8.78 Å². The van der Waals surface area contributed by atoms with E-state index >= 15 is 0 Å². The van der Waals surface area contributed by atoms with Crippen molar-refractivity contribution in [3.63, 3.8) is 0 Å². The molecule has 0 aliphatic carbocycles. The van der Waals surface area contributed by atoms with Crippen LogP contribution in [0.1, 0.15) is 30.7 Å². The Labute approximate surface area is 210 Å². The third-order valence-electron chi connectivity index (χ3n) is 6.09. The van der Waals surface area contributed by atoms with E-state index in [2.05, 4.69) is 23.8 Å². The molecule has 1 atom stereocenters. The van der Waals surface area contributed by atoms with Crippen molar-refractivity contribution >= 4 is 0 Å². The maximum absolute atomic E-state index is 14.5. The molecular weight excluding hydrogens is 460 g/mol. The Kier molecular flexibility index (Phi) is 8.13. The molecule has 1 heterocycles. The second kappa shape index (κ2) is 11.5. The molecule has 4 rings (SSSR count). The molecule has 0 radical (unpaired) electrons. The summed E-state index contributed by atoms with van der Waals surface area (Å²) < 4.78 is 35.7. The molecule has 0 saturated heterocycles. The van der Waals surface area contributed by atoms with E-state index in [1.54, 1.807) is 4.68 Å². The first-order valence-corrected chi connectivity index (χ1v) is 12.0. The van der Waals surface area contributed by atoms with Crippen LogP contribution in [0, 0.1) is 18.6 Å². The molecule has 1 N–H and O–H groups in total. The summed E-state index contributed by atoms with van der Waals surface area (Å²) in [6, 6.07) is 22.7. The zero-order valence-corrected chi connectivity index (χ0v) is 20.7. The Bertz CT molecular complexity index is 1280. The van der Waals surface area contributed by atoms with Gasteiger partial charge in [0.25, 0.3) is 0 Å². The highest BCUT2D eigenvalue weighted by atomic mass is 19.1. The van der Waals surface area contributed by atoms with Crippen LogP contribution in [-0.2, 0) is 13.0 Å². The number of benzene rings is 3. The Morgan fingerprint density at radius 3 is 2.28 bits per heavy atom. The topological polar surface area (TPSA) is 50.5 Å². The van der Waals surface area contributed by atoms with E-state index in [4.69, 9.17) is 4.74 Å². The lowest BCUT2D eigenvalue weighted by Gasteiger charge is -2.29. The number of hydrogen-bond donors (Lipinski definition) is 1. The molecule has 4 aromatic rings. The zero-order valence-electron chi connectivity index (χ0n) is 20.7. The van der Waals surface area contributed by atoms with Crippen LogP contribution in [-0.4, -0.2) is 38.5 Å². The van der Waals surface area contributed by atoms with Crippen LogP contribution in [0.15, 0.2) is 78.9 Å². The standard InChI is InChI=1S/C29H31F2N3O2/c1-20(2)33(18-25(35)16-22-10-6-4-7-11-22)19-26-21(3)32-34(24-12-8-5-9-13-24)29(26)36-28-15-14-23(30)17-27(28)31/h4-15,17,20,25,35H,16,18-19H2,1-3H3. The number of aliphatic hydroxyl groups excluding tert-OH is 1. The number of aliphatic hydroxyl groups is 1. The first-order chi connectivity index (χ1) is 17.3. The van der Waals surface area contributed by atoms with Gasteiger partial charge in [-0.1, -0.05) is 48.5 Å². The van der Waals surface area contributed by atoms with Crippen molar-refractivity contribution < 1.29 is 18.6 Å². The van der Waals surface area contributed by atoms with E-state index in [1.165, 1.54) is 6.07 Å². The van der Waals surface area contributed by atoms with Gasteiger partial charge < -0.3 is 9.84 Å². The lowest BCUT2D eigenvalue weighted by atomic mass is 10.1. The smallest absolute Gasteiger partial charge is 0.227 e. The van der Waals surface area contributed by atoms with E-state index in [0.29, 0.717) is 25.4 Å². The van der Waals surface area contributed by atoms with Gasteiger partial charge in [0.2, 0.25) is 5.88 Å². The molecule has 1 unspecified atom stereocenters. The first-order valence-electron chi connectivity index (χ1n) is 12.0. The van der Waals surface area contributed by atoms with Gasteiger partial charge in [-0.25, -0.2) is 13.5 Å². The van der Waals surface area contributed by atoms with Gasteiger partial charge in [0.15, 0.2) is 11.6 Å². The summed E-state index contributed by atoms with van der Waals surface area (Å²) in [7, 11) is 0. The lowest BCUT2D eigenvalue weighted by molar-refractivity contribution is 0.0902. The van der Waals surface area contributed by atoms with E-state index in [1.807, 2.05) is 67.6 Å². The minimum atomic E-state index is -0.793. The van der Waals surface area contributed by atoms with Gasteiger partial charge in [0.05, 0.1) is 23.0 Å². The zero-order chi connectivity index (χ0) is 25.7. The molecule has 36 heavy (non-hydrogen) atoms. The van der Waals surface area contributed by atoms with Crippen molar-refractivity contribution in [2.24, 2.45) is 0 Å². The van der Waals surface area contributed by atoms with E-state index in [0.717, 1.165) is 34.6 Å². The highest BCUT2D eigenvalue weighted by Gasteiger charge is 2.24. The third-order valence-corrected chi connectivity index (χ3v) is 6.09. The fourth-order valence-corrected chi connectivity index (χ4v) is 4.11. The van der Waals surface area contributed by atoms with Gasteiger partial charge in [-0.2, -0.15) is 5.10 Å². The molecule has 7 heteroatoms. The second-order valence-electron chi connectivity index (χ2n) is 9.16. The number of nitrogens with zero attached hydrogens (tertiary/aromatic N) is 3. The summed E-state index contributed by atoms with van der Waals surface area (Å²) in [5, 5.41) is 15.5. The van der Waals surface area contributed by atoms with Gasteiger partial charge in [-0.3, -0.25) is 4.90 Å². The van der Waals surface area contributed by atoms with Crippen molar-refractivity contribution in [1.82, 2.24) is 14.7 Å². The lowest BCUT2D eigenvalue weighted by Crippen LogP contribution is -2.38. The molecular formula is C29H31F2N3O2. The van der Waals surface area contributed by atoms with Crippen LogP contribution >= 0.6 is 0 Å². The fourth-order valence-electron chi connectivity index (χ4n) is 4.11. The van der Waals surface area contributed by atoms with E-state index in [9.17, 15) is 13.9 Å². The minimum absolute atomic E-state index is 0.0880. The van der Waals surface area contributed by atoms with Crippen molar-refractivity contribution in [2.75, 3.05) is 6.54 Å². The maximum Gasteiger partial charge on any atom is 0.227 e. The van der Waals surface area contributed by atoms with Crippen LogP contribution in [0.2, 0.25) is 0 Å². The molecule has 188 valence electrons. The SMILES string of the molecule is Cc1nn(-c2ccccc2)c(Oc2ccc(F)cc2F)c1CN(CC(O)Cc1ccccc1)C(C)C. The molecule has 0 bridgehead atoms. The predicted octanol–water partition coefficient (Wildman–Crippen LogP) is 6.07. The number of para-hydroxylation sites is 1. The van der Waals surface area contributed by atoms with Crippen molar-refractivity contribution in [3.05, 3.63) is 107 Å². The van der Waals surface area contributed by atoms with Crippen LogP contribution < -0.4 is 4.74 Å². The summed E-state index contributed by atoms with van der Waals surface area (Å²) >= 11 is 0. The van der Waals surface area contributed by atoms with Crippen molar-refractivity contribution in [3.8, 4) is 17.3 Å². The Balaban J connectivity index is 1.66. The molecule has 0 fully saturated rings. The number of hydrogen-bond acceptors (Lipinski definition) is 4. The summed E-state index contributed by atoms with van der Waals surface area (Å²) in [4.78, 5) is 2.14. The number of aromatic nitrogens is 2. The predicted molar refractivity (Wildman–Crippen MR) is 136 cm³/mol. The van der Waals surface area contributed by atoms with Gasteiger partial charge in [0, 0.05) is 25.2 Å². The molecule has 3 aromatic carbocycles. The molecule has 1 aromatic heterocycles. The van der Waals surface area contributed by atoms with Crippen LogP contribution in [0.3, 0.4) is 0 Å². The number of ether oxygens (including phenoxy) is 1. The fraction of sp³-hybridized carbons (Fsp3) is 0.276. The summed E-state index contributed by atoms with van der Waals surface area (Å²) in [5.41, 5.74) is 3.31. The molecule has 0 amide bonds. The highest BCUT2D eigenvalue weighted by molar-refractivity contribution is 5.43. The van der Waals surface area contributed by atoms with E-state index in [-0.39, 0.29) is 11.8 Å². The Hall–Kier alpha value is -3.55. The largest absolute Gasteiger partial charge is 0.435 e. The Morgan fingerprint density at radius 1 is 0.972 bits per heavy atom.